The van der Waals surface area contributed by atoms with E-state index in [1.54, 1.807) is 0 Å². The fraction of sp³-hybridized carbons (Fsp3) is 0.182. The van der Waals surface area contributed by atoms with Gasteiger partial charge in [0.15, 0.2) is 0 Å². The average Bonchev–Trinajstić information content (AvgIpc) is 2.62. The number of hydrogen-bond acceptors (Lipinski definition) is 2. The fourth-order valence-electron chi connectivity index (χ4n) is 1.43. The maximum atomic E-state index is 9.07. The highest BCUT2D eigenvalue weighted by Crippen LogP contribution is 2.13. The van der Waals surface area contributed by atoms with Crippen molar-refractivity contribution in [2.45, 2.75) is 12.8 Å². The molecule has 1 heterocycles. The van der Waals surface area contributed by atoms with Gasteiger partial charge in [-0.25, -0.2) is 4.98 Å². The summed E-state index contributed by atoms with van der Waals surface area (Å²) >= 11 is 3.43. The van der Waals surface area contributed by atoms with Crippen LogP contribution in [-0.2, 0) is 12.8 Å². The van der Waals surface area contributed by atoms with Gasteiger partial charge in [-0.2, -0.15) is 0 Å². The summed E-state index contributed by atoms with van der Waals surface area (Å²) in [6.07, 6.45) is 3.14. The number of benzene rings is 1. The van der Waals surface area contributed by atoms with E-state index in [4.69, 9.17) is 5.11 Å². The first kappa shape index (κ1) is 10.2. The van der Waals surface area contributed by atoms with E-state index in [2.05, 4.69) is 38.0 Å². The van der Waals surface area contributed by atoms with Gasteiger partial charge in [0.2, 0.25) is 5.88 Å². The van der Waals surface area contributed by atoms with E-state index in [0.717, 1.165) is 23.1 Å². The van der Waals surface area contributed by atoms with Crippen molar-refractivity contribution >= 4 is 15.9 Å². The summed E-state index contributed by atoms with van der Waals surface area (Å²) < 4.78 is 1.09. The van der Waals surface area contributed by atoms with Crippen molar-refractivity contribution in [2.75, 3.05) is 0 Å². The van der Waals surface area contributed by atoms with Gasteiger partial charge in [0, 0.05) is 10.9 Å². The highest BCUT2D eigenvalue weighted by molar-refractivity contribution is 9.10. The number of H-pyrrole nitrogens is 1. The number of aryl methyl sites for hydroxylation is 2. The number of nitrogens with zero attached hydrogens (tertiary/aromatic N) is 1. The van der Waals surface area contributed by atoms with Crippen LogP contribution in [0.15, 0.2) is 34.9 Å². The topological polar surface area (TPSA) is 48.9 Å². The number of halogens is 1. The molecular weight excluding hydrogens is 256 g/mol. The standard InChI is InChI=1S/C11H11BrN2O/c12-9-3-1-2-8(6-9)4-5-10-13-7-11(15)14-10/h1-3,6-7,15H,4-5H2,(H,13,14). The number of aromatic amines is 1. The summed E-state index contributed by atoms with van der Waals surface area (Å²) in [7, 11) is 0. The van der Waals surface area contributed by atoms with Gasteiger partial charge < -0.3 is 10.1 Å². The Kier molecular flexibility index (Phi) is 3.06. The van der Waals surface area contributed by atoms with Gasteiger partial charge in [-0.05, 0) is 24.1 Å². The van der Waals surface area contributed by atoms with E-state index in [1.165, 1.54) is 11.8 Å². The van der Waals surface area contributed by atoms with E-state index in [9.17, 15) is 0 Å². The highest BCUT2D eigenvalue weighted by atomic mass is 79.9. The van der Waals surface area contributed by atoms with Crippen LogP contribution in [0.3, 0.4) is 0 Å². The smallest absolute Gasteiger partial charge is 0.208 e. The zero-order valence-corrected chi connectivity index (χ0v) is 9.66. The Morgan fingerprint density at radius 1 is 1.33 bits per heavy atom. The van der Waals surface area contributed by atoms with Crippen LogP contribution in [-0.4, -0.2) is 15.1 Å². The molecule has 0 bridgehead atoms. The third-order valence-corrected chi connectivity index (χ3v) is 2.65. The number of hydrogen-bond donors (Lipinski definition) is 2. The summed E-state index contributed by atoms with van der Waals surface area (Å²) in [5.74, 6) is 0.937. The molecule has 2 aromatic rings. The minimum absolute atomic E-state index is 0.124. The molecular formula is C11H11BrN2O. The molecule has 1 aromatic heterocycles. The van der Waals surface area contributed by atoms with Crippen molar-refractivity contribution < 1.29 is 5.11 Å². The van der Waals surface area contributed by atoms with Crippen molar-refractivity contribution in [3.63, 3.8) is 0 Å². The number of aromatic hydroxyl groups is 1. The summed E-state index contributed by atoms with van der Waals surface area (Å²) in [6.45, 7) is 0. The van der Waals surface area contributed by atoms with Gasteiger partial charge >= 0.3 is 0 Å². The molecule has 2 N–H and O–H groups in total. The molecule has 0 aliphatic carbocycles. The second kappa shape index (κ2) is 4.49. The molecule has 15 heavy (non-hydrogen) atoms. The van der Waals surface area contributed by atoms with Crippen molar-refractivity contribution in [2.24, 2.45) is 0 Å². The largest absolute Gasteiger partial charge is 0.493 e. The molecule has 0 radical (unpaired) electrons. The molecule has 0 amide bonds. The Balaban J connectivity index is 1.99. The molecule has 0 aliphatic heterocycles. The summed E-state index contributed by atoms with van der Waals surface area (Å²) in [4.78, 5) is 6.83. The first-order valence-electron chi connectivity index (χ1n) is 4.71. The molecule has 0 spiro atoms. The Hall–Kier alpha value is -1.29. The van der Waals surface area contributed by atoms with Crippen LogP contribution < -0.4 is 0 Å². The first-order chi connectivity index (χ1) is 7.24. The SMILES string of the molecule is Oc1cnc(CCc2cccc(Br)c2)[nH]1. The molecule has 78 valence electrons. The van der Waals surface area contributed by atoms with Crippen molar-refractivity contribution in [3.05, 3.63) is 46.3 Å². The second-order valence-corrected chi connectivity index (χ2v) is 4.26. The Morgan fingerprint density at radius 2 is 2.20 bits per heavy atom. The highest BCUT2D eigenvalue weighted by Gasteiger charge is 2.00. The molecule has 3 nitrogen and oxygen atoms in total. The monoisotopic (exact) mass is 266 g/mol. The zero-order valence-electron chi connectivity index (χ0n) is 8.07. The van der Waals surface area contributed by atoms with Crippen LogP contribution in [0.2, 0.25) is 0 Å². The molecule has 2 rings (SSSR count). The van der Waals surface area contributed by atoms with E-state index >= 15 is 0 Å². The molecule has 0 saturated heterocycles. The van der Waals surface area contributed by atoms with Gasteiger partial charge in [-0.15, -0.1) is 0 Å². The van der Waals surface area contributed by atoms with E-state index < -0.39 is 0 Å². The van der Waals surface area contributed by atoms with Crippen LogP contribution >= 0.6 is 15.9 Å². The van der Waals surface area contributed by atoms with Crippen molar-refractivity contribution in [1.82, 2.24) is 9.97 Å². The normalized spacial score (nSPS) is 10.5. The average molecular weight is 267 g/mol. The lowest BCUT2D eigenvalue weighted by molar-refractivity contribution is 0.455. The lowest BCUT2D eigenvalue weighted by Crippen LogP contribution is -1.93. The lowest BCUT2D eigenvalue weighted by atomic mass is 10.1. The molecule has 0 aliphatic rings. The third-order valence-electron chi connectivity index (χ3n) is 2.15. The molecule has 0 saturated carbocycles. The predicted molar refractivity (Wildman–Crippen MR) is 61.8 cm³/mol. The number of aromatic nitrogens is 2. The summed E-state index contributed by atoms with van der Waals surface area (Å²) in [6, 6.07) is 8.18. The maximum absolute atomic E-state index is 9.07. The van der Waals surface area contributed by atoms with E-state index in [0.29, 0.717) is 0 Å². The van der Waals surface area contributed by atoms with Crippen LogP contribution in [0.4, 0.5) is 0 Å². The Labute approximate surface area is 96.3 Å². The van der Waals surface area contributed by atoms with E-state index in [-0.39, 0.29) is 5.88 Å². The third kappa shape index (κ3) is 2.83. The predicted octanol–water partition coefficient (Wildman–Crippen LogP) is 2.66. The lowest BCUT2D eigenvalue weighted by Gasteiger charge is -1.99. The zero-order chi connectivity index (χ0) is 10.7. The van der Waals surface area contributed by atoms with Gasteiger partial charge in [0.05, 0.1) is 6.20 Å². The van der Waals surface area contributed by atoms with Crippen LogP contribution in [0.5, 0.6) is 5.88 Å². The molecule has 4 heteroatoms. The van der Waals surface area contributed by atoms with Crippen LogP contribution in [0.25, 0.3) is 0 Å². The minimum atomic E-state index is 0.124. The van der Waals surface area contributed by atoms with Crippen molar-refractivity contribution in [1.29, 1.82) is 0 Å². The quantitative estimate of drug-likeness (QED) is 0.898. The van der Waals surface area contributed by atoms with E-state index in [1.807, 2.05) is 12.1 Å². The maximum Gasteiger partial charge on any atom is 0.208 e. The fourth-order valence-corrected chi connectivity index (χ4v) is 1.88. The summed E-state index contributed by atoms with van der Waals surface area (Å²) in [5.41, 5.74) is 1.25. The Morgan fingerprint density at radius 3 is 2.87 bits per heavy atom. The van der Waals surface area contributed by atoms with Gasteiger partial charge in [0.25, 0.3) is 0 Å². The van der Waals surface area contributed by atoms with Crippen molar-refractivity contribution in [3.8, 4) is 5.88 Å². The van der Waals surface area contributed by atoms with Crippen LogP contribution in [0.1, 0.15) is 11.4 Å². The first-order valence-corrected chi connectivity index (χ1v) is 5.50. The van der Waals surface area contributed by atoms with Gasteiger partial charge in [-0.3, -0.25) is 0 Å². The van der Waals surface area contributed by atoms with Gasteiger partial charge in [0.1, 0.15) is 5.82 Å². The van der Waals surface area contributed by atoms with Gasteiger partial charge in [-0.1, -0.05) is 28.1 Å². The molecule has 0 atom stereocenters. The number of rotatable bonds is 3. The molecule has 1 aromatic carbocycles. The molecule has 0 fully saturated rings. The Bertz CT molecular complexity index is 453. The second-order valence-electron chi connectivity index (χ2n) is 3.35. The summed E-state index contributed by atoms with van der Waals surface area (Å²) in [5, 5.41) is 9.07. The number of nitrogens with one attached hydrogen (secondary N) is 1. The molecule has 0 unspecified atom stereocenters. The van der Waals surface area contributed by atoms with Crippen LogP contribution in [0, 0.1) is 0 Å². The number of imidazole rings is 1. The minimum Gasteiger partial charge on any atom is -0.493 e.